The number of amides is 1. The lowest BCUT2D eigenvalue weighted by molar-refractivity contribution is 0.0607. The number of hydrogen-bond acceptors (Lipinski definition) is 8. The zero-order valence-corrected chi connectivity index (χ0v) is 18.7. The third kappa shape index (κ3) is 5.24. The Morgan fingerprint density at radius 2 is 1.82 bits per heavy atom. The molecule has 2 aromatic heterocycles. The number of nitrogens with zero attached hydrogens (tertiary/aromatic N) is 5. The summed E-state index contributed by atoms with van der Waals surface area (Å²) >= 11 is 0. The highest BCUT2D eigenvalue weighted by Crippen LogP contribution is 2.28. The van der Waals surface area contributed by atoms with Gasteiger partial charge in [-0.25, -0.2) is 18.3 Å². The molecule has 0 fully saturated rings. The van der Waals surface area contributed by atoms with E-state index in [0.29, 0.717) is 0 Å². The van der Waals surface area contributed by atoms with E-state index in [4.69, 9.17) is 9.47 Å². The summed E-state index contributed by atoms with van der Waals surface area (Å²) in [5, 5.41) is 3.81. The van der Waals surface area contributed by atoms with Gasteiger partial charge in [0.25, 0.3) is 5.95 Å². The van der Waals surface area contributed by atoms with Gasteiger partial charge >= 0.3 is 22.3 Å². The SMILES string of the molecule is CCOc1nc(F)cc2nc(NS(=O)(=O)N(C(=O)OC(C)(C)C)c3c(F)cccc3F)nn12. The normalized spacial score (nSPS) is 12.0. The zero-order valence-electron chi connectivity index (χ0n) is 17.8. The summed E-state index contributed by atoms with van der Waals surface area (Å²) in [6.45, 7) is 5.98. The molecular formula is C18H19F3N6O5S. The van der Waals surface area contributed by atoms with E-state index < -0.39 is 51.1 Å². The Bertz CT molecular complexity index is 1290. The third-order valence-electron chi connectivity index (χ3n) is 3.70. The van der Waals surface area contributed by atoms with E-state index in [9.17, 15) is 26.4 Å². The Morgan fingerprint density at radius 1 is 1.18 bits per heavy atom. The average Bonchev–Trinajstić information content (AvgIpc) is 3.04. The van der Waals surface area contributed by atoms with E-state index in [1.807, 2.05) is 4.72 Å². The molecule has 15 heteroatoms. The van der Waals surface area contributed by atoms with Crippen LogP contribution in [0.3, 0.4) is 0 Å². The molecule has 0 atom stereocenters. The predicted molar refractivity (Wildman–Crippen MR) is 110 cm³/mol. The van der Waals surface area contributed by atoms with Gasteiger partial charge in [-0.05, 0) is 39.8 Å². The maximum absolute atomic E-state index is 14.4. The Kier molecular flexibility index (Phi) is 6.35. The van der Waals surface area contributed by atoms with Gasteiger partial charge < -0.3 is 9.47 Å². The van der Waals surface area contributed by atoms with Crippen LogP contribution >= 0.6 is 0 Å². The van der Waals surface area contributed by atoms with Crippen LogP contribution in [0.5, 0.6) is 6.01 Å². The topological polar surface area (TPSA) is 128 Å². The van der Waals surface area contributed by atoms with Crippen LogP contribution in [0.4, 0.5) is 29.6 Å². The van der Waals surface area contributed by atoms with Crippen molar-refractivity contribution in [3.63, 3.8) is 0 Å². The van der Waals surface area contributed by atoms with Gasteiger partial charge in [0.2, 0.25) is 5.95 Å². The number of para-hydroxylation sites is 1. The molecule has 0 bridgehead atoms. The van der Waals surface area contributed by atoms with Gasteiger partial charge in [-0.15, -0.1) is 9.40 Å². The van der Waals surface area contributed by atoms with Crippen LogP contribution in [0, 0.1) is 17.6 Å². The molecule has 1 aromatic carbocycles. The van der Waals surface area contributed by atoms with Crippen LogP contribution < -0.4 is 13.8 Å². The third-order valence-corrected chi connectivity index (χ3v) is 4.95. The van der Waals surface area contributed by atoms with Gasteiger partial charge in [-0.1, -0.05) is 6.07 Å². The second-order valence-corrected chi connectivity index (χ2v) is 8.94. The number of nitrogens with one attached hydrogen (secondary N) is 1. The fraction of sp³-hybridized carbons (Fsp3) is 0.333. The molecule has 0 aliphatic carbocycles. The first-order valence-corrected chi connectivity index (χ1v) is 10.8. The minimum Gasteiger partial charge on any atom is -0.464 e. The number of ether oxygens (including phenoxy) is 2. The second-order valence-electron chi connectivity index (χ2n) is 7.42. The van der Waals surface area contributed by atoms with Crippen molar-refractivity contribution in [2.45, 2.75) is 33.3 Å². The molecule has 0 saturated carbocycles. The molecule has 33 heavy (non-hydrogen) atoms. The molecule has 0 aliphatic heterocycles. The van der Waals surface area contributed by atoms with Crippen molar-refractivity contribution in [1.82, 2.24) is 19.6 Å². The Morgan fingerprint density at radius 3 is 2.39 bits per heavy atom. The number of rotatable bonds is 6. The van der Waals surface area contributed by atoms with Gasteiger partial charge in [0.1, 0.15) is 11.3 Å². The zero-order chi connectivity index (χ0) is 24.6. The monoisotopic (exact) mass is 488 g/mol. The first-order valence-electron chi connectivity index (χ1n) is 9.38. The number of halogens is 3. The van der Waals surface area contributed by atoms with Gasteiger partial charge in [0.05, 0.1) is 6.61 Å². The lowest BCUT2D eigenvalue weighted by Crippen LogP contribution is -2.44. The van der Waals surface area contributed by atoms with Crippen LogP contribution in [-0.4, -0.2) is 46.3 Å². The Hall–Kier alpha value is -3.62. The highest BCUT2D eigenvalue weighted by atomic mass is 32.2. The van der Waals surface area contributed by atoms with Crippen molar-refractivity contribution in [3.8, 4) is 6.01 Å². The van der Waals surface area contributed by atoms with Gasteiger partial charge in [0.15, 0.2) is 17.3 Å². The van der Waals surface area contributed by atoms with Gasteiger partial charge in [-0.2, -0.15) is 27.3 Å². The van der Waals surface area contributed by atoms with E-state index in [2.05, 4.69) is 15.1 Å². The smallest absolute Gasteiger partial charge is 0.430 e. The van der Waals surface area contributed by atoms with E-state index in [1.54, 1.807) is 6.92 Å². The van der Waals surface area contributed by atoms with Crippen LogP contribution in [0.2, 0.25) is 0 Å². The van der Waals surface area contributed by atoms with Crippen molar-refractivity contribution < 1.29 is 35.9 Å². The fourth-order valence-electron chi connectivity index (χ4n) is 2.56. The van der Waals surface area contributed by atoms with Gasteiger partial charge in [-0.3, -0.25) is 0 Å². The molecule has 11 nitrogen and oxygen atoms in total. The lowest BCUT2D eigenvalue weighted by atomic mass is 10.2. The number of hydrogen-bond donors (Lipinski definition) is 1. The van der Waals surface area contributed by atoms with Crippen LogP contribution in [0.1, 0.15) is 27.7 Å². The molecular weight excluding hydrogens is 469 g/mol. The highest BCUT2D eigenvalue weighted by Gasteiger charge is 2.38. The molecule has 1 amide bonds. The number of fused-ring (bicyclic) bond motifs is 1. The average molecular weight is 488 g/mol. The maximum atomic E-state index is 14.4. The molecule has 178 valence electrons. The van der Waals surface area contributed by atoms with Crippen molar-refractivity contribution in [2.75, 3.05) is 15.6 Å². The van der Waals surface area contributed by atoms with E-state index in [-0.39, 0.29) is 22.6 Å². The molecule has 0 spiro atoms. The Labute approximate surface area is 186 Å². The molecule has 2 heterocycles. The maximum Gasteiger partial charge on any atom is 0.430 e. The summed E-state index contributed by atoms with van der Waals surface area (Å²) in [5.41, 5.74) is -2.60. The van der Waals surface area contributed by atoms with Crippen molar-refractivity contribution >= 4 is 33.6 Å². The Balaban J connectivity index is 2.09. The molecule has 0 unspecified atom stereocenters. The minimum absolute atomic E-state index is 0.0887. The highest BCUT2D eigenvalue weighted by molar-refractivity contribution is 7.94. The van der Waals surface area contributed by atoms with Crippen LogP contribution in [0.25, 0.3) is 5.65 Å². The van der Waals surface area contributed by atoms with E-state index >= 15 is 0 Å². The number of aromatic nitrogens is 4. The lowest BCUT2D eigenvalue weighted by Gasteiger charge is -2.27. The quantitative estimate of drug-likeness (QED) is 0.525. The second kappa shape index (κ2) is 8.73. The molecule has 1 N–H and O–H groups in total. The molecule has 0 saturated heterocycles. The molecule has 3 aromatic rings. The minimum atomic E-state index is -5.09. The van der Waals surface area contributed by atoms with E-state index in [1.165, 1.54) is 20.8 Å². The van der Waals surface area contributed by atoms with Crippen molar-refractivity contribution in [2.24, 2.45) is 0 Å². The standard InChI is InChI=1S/C18H19F3N6O5S/c1-5-31-16-22-12(21)9-13-23-15(24-26(13)16)25-33(29,30)27(17(28)32-18(2,3)4)14-10(19)7-6-8-11(14)20/h6-9H,5H2,1-4H3,(H,24,25). The summed E-state index contributed by atoms with van der Waals surface area (Å²) in [4.78, 5) is 20.0. The molecule has 0 radical (unpaired) electrons. The summed E-state index contributed by atoms with van der Waals surface area (Å²) in [7, 11) is -5.09. The summed E-state index contributed by atoms with van der Waals surface area (Å²) in [6.07, 6.45) is -1.59. The molecule has 3 rings (SSSR count). The first-order chi connectivity index (χ1) is 15.3. The van der Waals surface area contributed by atoms with Crippen molar-refractivity contribution in [3.05, 3.63) is 41.8 Å². The van der Waals surface area contributed by atoms with Crippen LogP contribution in [-0.2, 0) is 14.9 Å². The summed E-state index contributed by atoms with van der Waals surface area (Å²) < 4.78 is 81.3. The fourth-order valence-corrected chi connectivity index (χ4v) is 3.62. The number of carbonyl (C=O) groups is 1. The summed E-state index contributed by atoms with van der Waals surface area (Å²) in [5.74, 6) is -4.33. The first kappa shape index (κ1) is 24.0. The number of benzene rings is 1. The van der Waals surface area contributed by atoms with E-state index in [0.717, 1.165) is 28.8 Å². The predicted octanol–water partition coefficient (Wildman–Crippen LogP) is 3.04. The summed E-state index contributed by atoms with van der Waals surface area (Å²) in [6, 6.07) is 3.03. The van der Waals surface area contributed by atoms with Crippen molar-refractivity contribution in [1.29, 1.82) is 0 Å². The van der Waals surface area contributed by atoms with Gasteiger partial charge in [0, 0.05) is 6.07 Å². The molecule has 0 aliphatic rings. The number of carbonyl (C=O) groups excluding carboxylic acids is 1. The number of anilines is 2. The van der Waals surface area contributed by atoms with Crippen LogP contribution in [0.15, 0.2) is 24.3 Å². The largest absolute Gasteiger partial charge is 0.464 e.